The lowest BCUT2D eigenvalue weighted by Gasteiger charge is -2.10. The number of ether oxygens (including phenoxy) is 1. The van der Waals surface area contributed by atoms with E-state index in [-0.39, 0.29) is 5.91 Å². The largest absolute Gasteiger partial charge is 0.377 e. The van der Waals surface area contributed by atoms with Gasteiger partial charge in [-0.05, 0) is 24.4 Å². The first-order valence-corrected chi connectivity index (χ1v) is 7.15. The predicted molar refractivity (Wildman–Crippen MR) is 78.4 cm³/mol. The molecule has 0 saturated heterocycles. The minimum absolute atomic E-state index is 0.00592. The third-order valence-corrected chi connectivity index (χ3v) is 3.54. The van der Waals surface area contributed by atoms with E-state index in [4.69, 9.17) is 4.74 Å². The fourth-order valence-electron chi connectivity index (χ4n) is 1.75. The van der Waals surface area contributed by atoms with Crippen molar-refractivity contribution >= 4 is 22.9 Å². The van der Waals surface area contributed by atoms with Gasteiger partial charge in [0, 0.05) is 22.7 Å². The van der Waals surface area contributed by atoms with Crippen LogP contribution in [0.1, 0.15) is 17.4 Å². The summed E-state index contributed by atoms with van der Waals surface area (Å²) in [5.41, 5.74) is 1.83. The van der Waals surface area contributed by atoms with Crippen molar-refractivity contribution in [1.82, 2.24) is 0 Å². The fraction of sp³-hybridized carbons (Fsp3) is 0.267. The summed E-state index contributed by atoms with van der Waals surface area (Å²) < 4.78 is 5.40. The topological polar surface area (TPSA) is 38.3 Å². The van der Waals surface area contributed by atoms with Gasteiger partial charge >= 0.3 is 0 Å². The van der Waals surface area contributed by atoms with Gasteiger partial charge in [-0.15, -0.1) is 11.3 Å². The second-order valence-corrected chi connectivity index (χ2v) is 5.13. The molecule has 0 bridgehead atoms. The van der Waals surface area contributed by atoms with Gasteiger partial charge in [0.15, 0.2) is 0 Å². The second kappa shape index (κ2) is 7.07. The molecule has 0 fully saturated rings. The minimum atomic E-state index is 0.00592. The molecule has 0 aliphatic rings. The monoisotopic (exact) mass is 275 g/mol. The number of hydrogen-bond donors (Lipinski definition) is 1. The van der Waals surface area contributed by atoms with Gasteiger partial charge in [0.05, 0.1) is 13.0 Å². The maximum Gasteiger partial charge on any atom is 0.229 e. The van der Waals surface area contributed by atoms with Gasteiger partial charge in [0.1, 0.15) is 0 Å². The van der Waals surface area contributed by atoms with Crippen LogP contribution in [-0.4, -0.2) is 12.5 Å². The lowest BCUT2D eigenvalue weighted by Crippen LogP contribution is -2.15. The number of carbonyl (C=O) groups excluding carboxylic acids is 1. The highest BCUT2D eigenvalue weighted by Gasteiger charge is 2.08. The van der Waals surface area contributed by atoms with E-state index in [0.717, 1.165) is 16.1 Å². The summed E-state index contributed by atoms with van der Waals surface area (Å²) in [6.07, 6.45) is 0.417. The molecule has 1 aromatic heterocycles. The van der Waals surface area contributed by atoms with E-state index in [1.54, 1.807) is 11.3 Å². The Labute approximate surface area is 117 Å². The van der Waals surface area contributed by atoms with Crippen LogP contribution in [0.2, 0.25) is 0 Å². The number of anilines is 1. The molecule has 1 aromatic carbocycles. The number of rotatable bonds is 6. The van der Waals surface area contributed by atoms with Gasteiger partial charge in [-0.2, -0.15) is 0 Å². The van der Waals surface area contributed by atoms with Crippen molar-refractivity contribution in [1.29, 1.82) is 0 Å². The van der Waals surface area contributed by atoms with Crippen LogP contribution in [0.5, 0.6) is 0 Å². The highest BCUT2D eigenvalue weighted by atomic mass is 32.1. The average molecular weight is 275 g/mol. The van der Waals surface area contributed by atoms with Crippen molar-refractivity contribution in [2.45, 2.75) is 20.0 Å². The van der Waals surface area contributed by atoms with E-state index in [1.165, 1.54) is 0 Å². The van der Waals surface area contributed by atoms with Gasteiger partial charge in [0.25, 0.3) is 0 Å². The van der Waals surface area contributed by atoms with Crippen LogP contribution >= 0.6 is 11.3 Å². The van der Waals surface area contributed by atoms with Crippen LogP contribution in [0.4, 0.5) is 5.69 Å². The Morgan fingerprint density at radius 2 is 2.11 bits per heavy atom. The summed E-state index contributed by atoms with van der Waals surface area (Å²) >= 11 is 1.59. The molecule has 2 aromatic rings. The summed E-state index contributed by atoms with van der Waals surface area (Å²) in [5, 5.41) is 4.92. The summed E-state index contributed by atoms with van der Waals surface area (Å²) in [4.78, 5) is 13.0. The molecule has 0 radical (unpaired) electrons. The van der Waals surface area contributed by atoms with Crippen molar-refractivity contribution in [2.24, 2.45) is 0 Å². The van der Waals surface area contributed by atoms with E-state index in [1.807, 2.05) is 48.7 Å². The van der Waals surface area contributed by atoms with Crippen molar-refractivity contribution in [2.75, 3.05) is 11.9 Å². The highest BCUT2D eigenvalue weighted by molar-refractivity contribution is 7.10. The molecule has 0 aliphatic heterocycles. The molecule has 2 rings (SSSR count). The number of hydrogen-bond acceptors (Lipinski definition) is 3. The maximum atomic E-state index is 12.0. The Morgan fingerprint density at radius 3 is 2.84 bits per heavy atom. The first-order valence-electron chi connectivity index (χ1n) is 6.27. The quantitative estimate of drug-likeness (QED) is 0.876. The van der Waals surface area contributed by atoms with Crippen molar-refractivity contribution in [3.8, 4) is 0 Å². The zero-order chi connectivity index (χ0) is 13.5. The van der Waals surface area contributed by atoms with Gasteiger partial charge in [0.2, 0.25) is 5.91 Å². The third kappa shape index (κ3) is 4.19. The molecule has 19 heavy (non-hydrogen) atoms. The summed E-state index contributed by atoms with van der Waals surface area (Å²) in [6, 6.07) is 11.7. The second-order valence-electron chi connectivity index (χ2n) is 4.10. The SMILES string of the molecule is CCOCc1ccccc1NC(=O)Cc1cccs1. The Morgan fingerprint density at radius 1 is 1.26 bits per heavy atom. The molecular weight excluding hydrogens is 258 g/mol. The zero-order valence-electron chi connectivity index (χ0n) is 10.9. The molecule has 0 unspecified atom stereocenters. The van der Waals surface area contributed by atoms with Crippen molar-refractivity contribution < 1.29 is 9.53 Å². The zero-order valence-corrected chi connectivity index (χ0v) is 11.7. The lowest BCUT2D eigenvalue weighted by molar-refractivity contribution is -0.115. The van der Waals surface area contributed by atoms with Crippen LogP contribution in [0.25, 0.3) is 0 Å². The average Bonchev–Trinajstić information content (AvgIpc) is 2.90. The molecule has 4 heteroatoms. The lowest BCUT2D eigenvalue weighted by atomic mass is 10.2. The molecule has 0 atom stereocenters. The van der Waals surface area contributed by atoms with Crippen LogP contribution < -0.4 is 5.32 Å². The first-order chi connectivity index (χ1) is 9.29. The van der Waals surface area contributed by atoms with Crippen LogP contribution in [-0.2, 0) is 22.6 Å². The van der Waals surface area contributed by atoms with Crippen LogP contribution in [0.3, 0.4) is 0 Å². The van der Waals surface area contributed by atoms with Crippen LogP contribution in [0.15, 0.2) is 41.8 Å². The molecule has 1 amide bonds. The summed E-state index contributed by atoms with van der Waals surface area (Å²) in [5.74, 6) is 0.00592. The van der Waals surface area contributed by atoms with E-state index >= 15 is 0 Å². The molecule has 0 saturated carbocycles. The Balaban J connectivity index is 1.99. The molecule has 3 nitrogen and oxygen atoms in total. The van der Waals surface area contributed by atoms with Gasteiger partial charge in [-0.25, -0.2) is 0 Å². The molecule has 1 N–H and O–H groups in total. The van der Waals surface area contributed by atoms with Gasteiger partial charge in [-0.1, -0.05) is 24.3 Å². The highest BCUT2D eigenvalue weighted by Crippen LogP contribution is 2.17. The third-order valence-electron chi connectivity index (χ3n) is 2.67. The standard InChI is InChI=1S/C15H17NO2S/c1-2-18-11-12-6-3-4-8-14(12)16-15(17)10-13-7-5-9-19-13/h3-9H,2,10-11H2,1H3,(H,16,17). The summed E-state index contributed by atoms with van der Waals surface area (Å²) in [7, 11) is 0. The number of para-hydroxylation sites is 1. The van der Waals surface area contributed by atoms with Crippen molar-refractivity contribution in [3.05, 3.63) is 52.2 Å². The van der Waals surface area contributed by atoms with Gasteiger partial charge in [-0.3, -0.25) is 4.79 Å². The molecule has 0 spiro atoms. The minimum Gasteiger partial charge on any atom is -0.377 e. The Kier molecular flexibility index (Phi) is 5.12. The normalized spacial score (nSPS) is 10.4. The number of carbonyl (C=O) groups is 1. The number of nitrogens with one attached hydrogen (secondary N) is 1. The Hall–Kier alpha value is -1.65. The molecular formula is C15H17NO2S. The Bertz CT molecular complexity index is 523. The van der Waals surface area contributed by atoms with E-state index < -0.39 is 0 Å². The van der Waals surface area contributed by atoms with Crippen molar-refractivity contribution in [3.63, 3.8) is 0 Å². The van der Waals surface area contributed by atoms with E-state index in [9.17, 15) is 4.79 Å². The molecule has 100 valence electrons. The number of benzene rings is 1. The van der Waals surface area contributed by atoms with E-state index in [0.29, 0.717) is 19.6 Å². The predicted octanol–water partition coefficient (Wildman–Crippen LogP) is 3.47. The number of amides is 1. The summed E-state index contributed by atoms with van der Waals surface area (Å²) in [6.45, 7) is 3.14. The smallest absolute Gasteiger partial charge is 0.229 e. The maximum absolute atomic E-state index is 12.0. The molecule has 1 heterocycles. The fourth-order valence-corrected chi connectivity index (χ4v) is 2.45. The number of thiophene rings is 1. The van der Waals surface area contributed by atoms with Crippen LogP contribution in [0, 0.1) is 0 Å². The molecule has 0 aliphatic carbocycles. The van der Waals surface area contributed by atoms with E-state index in [2.05, 4.69) is 5.32 Å². The van der Waals surface area contributed by atoms with Gasteiger partial charge < -0.3 is 10.1 Å². The first kappa shape index (κ1) is 13.8.